The monoisotopic (exact) mass is 1550 g/mol. The molecule has 8 rings (SSSR count). The number of nitrogens with one attached hydrogen (secondary N) is 1. The van der Waals surface area contributed by atoms with Crippen molar-refractivity contribution in [1.82, 2.24) is 15.1 Å². The molecular weight excluding hydrogens is 1450 g/mol. The van der Waals surface area contributed by atoms with Gasteiger partial charge in [0.2, 0.25) is 5.90 Å². The number of sulfone groups is 4. The number of carbonyl (C=O) groups is 2. The molecule has 1 aliphatic heterocycles. The first kappa shape index (κ1) is 96.7. The summed E-state index contributed by atoms with van der Waals surface area (Å²) in [5, 5.41) is 31.4. The average Bonchev–Trinajstić information content (AvgIpc) is 1.62. The zero-order valence-corrected chi connectivity index (χ0v) is 63.0. The summed E-state index contributed by atoms with van der Waals surface area (Å²) in [6.07, 6.45) is 0.299. The number of nitrogens with two attached hydrogens (primary N) is 2. The minimum Gasteiger partial charge on any atom is -0.467 e. The highest BCUT2D eigenvalue weighted by Crippen LogP contribution is 2.32. The highest BCUT2D eigenvalue weighted by atomic mass is 35.5. The smallest absolute Gasteiger partial charge is 0.252 e. The molecule has 0 saturated heterocycles. The maximum Gasteiger partial charge on any atom is 0.252 e. The van der Waals surface area contributed by atoms with Gasteiger partial charge >= 0.3 is 0 Å². The van der Waals surface area contributed by atoms with Crippen molar-refractivity contribution in [3.05, 3.63) is 227 Å². The zero-order chi connectivity index (χ0) is 77.0. The van der Waals surface area contributed by atoms with Gasteiger partial charge < -0.3 is 46.6 Å². The Morgan fingerprint density at radius 1 is 0.471 bits per heavy atom. The summed E-state index contributed by atoms with van der Waals surface area (Å²) in [5.74, 6) is -0.0875. The van der Waals surface area contributed by atoms with Gasteiger partial charge in [-0.3, -0.25) is 9.59 Å². The lowest BCUT2D eigenvalue weighted by Gasteiger charge is -2.22. The molecule has 578 valence electrons. The maximum absolute atomic E-state index is 13.3. The fraction of sp³-hybridized carbons (Fsp3) is 0.400. The Hall–Kier alpha value is -7.32. The van der Waals surface area contributed by atoms with Crippen LogP contribution in [0.4, 0.5) is 17.6 Å². The van der Waals surface area contributed by atoms with Crippen LogP contribution in [0.25, 0.3) is 0 Å². The molecule has 8 atom stereocenters. The van der Waals surface area contributed by atoms with Crippen LogP contribution < -0.4 is 16.8 Å². The third-order valence-corrected chi connectivity index (χ3v) is 20.1. The SMILES string of the molecule is C.C.CCN(CC)CC.CCN(CC)CC.CS(=O)(=O)c1ccc([C@@H](O)[C@H](N)CF)cc1.CS(=O)(=O)c1ccc([C@H](O)[C@@H](CF)NC(=O)c2ccccc2)cc1.CS(=O)(=O)c1ccc([C@H](O)[C@H](N)CF)cc1.CS(=O)(=O)c1ccc([C@H]2OC(c3ccccc3)=N[C@@H]2CF)cc1.O=C(Cl)c1ccccc1. The van der Waals surface area contributed by atoms with Crippen LogP contribution in [-0.4, -0.2) is 191 Å². The number of carbonyl (C=O) groups excluding carboxylic acids is 2. The number of hydrogen-bond acceptors (Lipinski definition) is 19. The molecule has 20 nitrogen and oxygen atoms in total. The molecule has 7 aromatic carbocycles. The lowest BCUT2D eigenvalue weighted by molar-refractivity contribution is 0.0791. The van der Waals surface area contributed by atoms with Crippen LogP contribution in [0.3, 0.4) is 0 Å². The standard InChI is InChI=1S/C17H18FNO4S.C17H16FNO3S.2C10H14FNO3S.C7H5ClO.2C6H15N.2CH4/c1-24(22,23)14-9-7-12(8-10-14)16(20)15(11-18)19-17(21)13-5-3-2-4-6-13;1-23(20,21)14-9-7-12(8-10-14)16-15(11-18)19-17(22-16)13-5-3-2-4-6-13;2*1-16(14,15)8-4-2-7(3-5-8)10(13)9(12)6-11;8-7(9)6-4-2-1-3-5-6;2*1-4-7(5-2)6-3;;/h2-10,15-16,20H,11H2,1H3,(H,19,21);2-10,15-16H,11H2,1H3;2*2-5,9-10,13H,6,12H2,1H3;1-5H;2*4-6H2,1-3H3;2*1H4/t15-,16+;15-,16-;9-,10+;9-,10-;;;;;/m1111...../s1. The zero-order valence-electron chi connectivity index (χ0n) is 58.9. The van der Waals surface area contributed by atoms with Crippen LogP contribution in [0.15, 0.2) is 213 Å². The maximum atomic E-state index is 13.3. The van der Waals surface area contributed by atoms with E-state index in [4.69, 9.17) is 27.8 Å². The van der Waals surface area contributed by atoms with Gasteiger partial charge in [0, 0.05) is 41.7 Å². The van der Waals surface area contributed by atoms with Gasteiger partial charge in [0.1, 0.15) is 38.8 Å². The van der Waals surface area contributed by atoms with Crippen molar-refractivity contribution in [1.29, 1.82) is 0 Å². The van der Waals surface area contributed by atoms with Gasteiger partial charge in [-0.15, -0.1) is 0 Å². The molecule has 0 aromatic heterocycles. The molecule has 1 aliphatic rings. The molecule has 7 aromatic rings. The molecule has 0 radical (unpaired) electrons. The predicted octanol–water partition coefficient (Wildman–Crippen LogP) is 11.7. The number of aliphatic hydroxyl groups excluding tert-OH is 3. The van der Waals surface area contributed by atoms with Crippen molar-refractivity contribution in [3.63, 3.8) is 0 Å². The summed E-state index contributed by atoms with van der Waals surface area (Å²) in [7, 11) is -13.1. The van der Waals surface area contributed by atoms with Crippen LogP contribution in [0, 0.1) is 0 Å². The van der Waals surface area contributed by atoms with Gasteiger partial charge in [0.25, 0.3) is 11.1 Å². The van der Waals surface area contributed by atoms with Crippen molar-refractivity contribution >= 4 is 68.0 Å². The number of halogens is 5. The van der Waals surface area contributed by atoms with Crippen LogP contribution in [-0.2, 0) is 44.1 Å². The minimum absolute atomic E-state index is 0. The van der Waals surface area contributed by atoms with E-state index in [9.17, 15) is 76.1 Å². The predicted molar refractivity (Wildman–Crippen MR) is 408 cm³/mol. The first-order chi connectivity index (χ1) is 48.0. The molecule has 0 fully saturated rings. The minimum atomic E-state index is -3.35. The fourth-order valence-corrected chi connectivity index (χ4v) is 11.7. The Labute approximate surface area is 619 Å². The van der Waals surface area contributed by atoms with E-state index in [1.54, 1.807) is 66.7 Å². The number of benzene rings is 7. The molecule has 0 unspecified atom stereocenters. The third kappa shape index (κ3) is 33.8. The number of nitrogens with zero attached hydrogens (tertiary/aromatic N) is 3. The summed E-state index contributed by atoms with van der Waals surface area (Å²) in [4.78, 5) is 32.2. The van der Waals surface area contributed by atoms with Crippen LogP contribution in [0.1, 0.15) is 129 Å². The van der Waals surface area contributed by atoms with Gasteiger partial charge in [-0.2, -0.15) is 0 Å². The van der Waals surface area contributed by atoms with Gasteiger partial charge in [-0.25, -0.2) is 56.2 Å². The van der Waals surface area contributed by atoms with Crippen LogP contribution in [0.5, 0.6) is 0 Å². The lowest BCUT2D eigenvalue weighted by atomic mass is 10.0. The van der Waals surface area contributed by atoms with Gasteiger partial charge in [-0.05, 0) is 146 Å². The summed E-state index contributed by atoms with van der Waals surface area (Å²) < 4.78 is 147. The van der Waals surface area contributed by atoms with E-state index in [1.807, 2.05) is 36.4 Å². The molecule has 0 bridgehead atoms. The molecule has 0 spiro atoms. The quantitative estimate of drug-likeness (QED) is 0.0229. The van der Waals surface area contributed by atoms with Crippen molar-refractivity contribution in [2.45, 2.75) is 125 Å². The van der Waals surface area contributed by atoms with Crippen molar-refractivity contribution in [2.24, 2.45) is 16.5 Å². The second-order valence-electron chi connectivity index (χ2n) is 22.9. The normalized spacial score (nSPS) is 14.8. The lowest BCUT2D eigenvalue weighted by Crippen LogP contribution is -2.41. The second kappa shape index (κ2) is 48.7. The highest BCUT2D eigenvalue weighted by molar-refractivity contribution is 7.91. The molecule has 1 heterocycles. The second-order valence-corrected chi connectivity index (χ2v) is 31.3. The van der Waals surface area contributed by atoms with E-state index in [0.29, 0.717) is 39.3 Å². The van der Waals surface area contributed by atoms with Gasteiger partial charge in [0.05, 0.1) is 49.9 Å². The van der Waals surface area contributed by atoms with Gasteiger partial charge in [-0.1, -0.05) is 172 Å². The Bertz CT molecular complexity index is 3960. The van der Waals surface area contributed by atoms with Crippen molar-refractivity contribution < 1.29 is 80.9 Å². The van der Waals surface area contributed by atoms with E-state index < -0.39 is 126 Å². The van der Waals surface area contributed by atoms with Crippen molar-refractivity contribution in [2.75, 3.05) is 91.0 Å². The largest absolute Gasteiger partial charge is 0.467 e. The van der Waals surface area contributed by atoms with E-state index in [2.05, 4.69) is 61.7 Å². The van der Waals surface area contributed by atoms with E-state index in [1.165, 1.54) is 124 Å². The summed E-state index contributed by atoms with van der Waals surface area (Å²) in [6, 6.07) is 45.5. The number of hydrogen-bond donors (Lipinski definition) is 6. The van der Waals surface area contributed by atoms with Gasteiger partial charge in [0.15, 0.2) is 45.5 Å². The molecule has 29 heteroatoms. The molecule has 0 aliphatic carbocycles. The first-order valence-electron chi connectivity index (χ1n) is 32.4. The molecule has 1 amide bonds. The topological polar surface area (TPSA) is 324 Å². The molecule has 8 N–H and O–H groups in total. The Morgan fingerprint density at radius 3 is 1.03 bits per heavy atom. The summed E-state index contributed by atoms with van der Waals surface area (Å²) in [6.45, 7) is 17.0. The number of aliphatic imine (C=N–C) groups is 1. The Kier molecular flexibility index (Phi) is 45.3. The number of rotatable bonds is 25. The van der Waals surface area contributed by atoms with E-state index >= 15 is 0 Å². The summed E-state index contributed by atoms with van der Waals surface area (Å²) >= 11 is 5.16. The Balaban J connectivity index is 0.00000124. The number of alkyl halides is 4. The number of aliphatic hydroxyl groups is 3. The van der Waals surface area contributed by atoms with Crippen LogP contribution in [0.2, 0.25) is 0 Å². The van der Waals surface area contributed by atoms with E-state index in [-0.39, 0.29) is 34.4 Å². The third-order valence-electron chi connectivity index (χ3n) is 15.4. The van der Waals surface area contributed by atoms with Crippen LogP contribution >= 0.6 is 11.6 Å². The van der Waals surface area contributed by atoms with Crippen molar-refractivity contribution in [3.8, 4) is 0 Å². The first-order valence-corrected chi connectivity index (χ1v) is 40.3. The highest BCUT2D eigenvalue weighted by Gasteiger charge is 2.33. The average molecular weight is 1550 g/mol. The molecule has 104 heavy (non-hydrogen) atoms. The molecule has 0 saturated carbocycles. The summed E-state index contributed by atoms with van der Waals surface area (Å²) in [5.41, 5.74) is 14.2. The number of amides is 1. The number of ether oxygens (including phenoxy) is 1. The molecular formula is C75H105ClF4N6O14S4. The Morgan fingerprint density at radius 2 is 0.769 bits per heavy atom. The fourth-order valence-electron chi connectivity index (χ4n) is 9.07. The van der Waals surface area contributed by atoms with E-state index in [0.717, 1.165) is 30.6 Å².